The molecule has 2 N–H and O–H groups in total. The number of fused-ring (bicyclic) bond motifs is 3. The SMILES string of the molecule is C[C@@H](O)c1nc2cnc3[nH]ncc3c2n1[C@@H]1CN(CCCC(F)(F)F)C[C@H]1F. The monoisotopic (exact) mass is 400 g/mol. The molecule has 7 nitrogen and oxygen atoms in total. The second-order valence-electron chi connectivity index (χ2n) is 7.20. The van der Waals surface area contributed by atoms with Crippen LogP contribution in [0.25, 0.3) is 22.1 Å². The molecule has 1 fully saturated rings. The molecule has 1 aliphatic rings. The molecule has 11 heteroatoms. The number of hydrogen-bond acceptors (Lipinski definition) is 5. The number of imidazole rings is 1. The molecule has 0 spiro atoms. The molecule has 0 aliphatic carbocycles. The largest absolute Gasteiger partial charge is 0.389 e. The molecule has 0 amide bonds. The van der Waals surface area contributed by atoms with E-state index in [1.807, 2.05) is 0 Å². The molecule has 0 radical (unpaired) electrons. The van der Waals surface area contributed by atoms with Gasteiger partial charge in [-0.1, -0.05) is 0 Å². The highest BCUT2D eigenvalue weighted by Crippen LogP contribution is 2.35. The Balaban J connectivity index is 1.68. The molecule has 0 aromatic carbocycles. The summed E-state index contributed by atoms with van der Waals surface area (Å²) < 4.78 is 53.8. The lowest BCUT2D eigenvalue weighted by Crippen LogP contribution is -2.24. The topological polar surface area (TPSA) is 82.9 Å². The maximum Gasteiger partial charge on any atom is 0.389 e. The summed E-state index contributed by atoms with van der Waals surface area (Å²) in [4.78, 5) is 10.3. The highest BCUT2D eigenvalue weighted by Gasteiger charge is 2.37. The van der Waals surface area contributed by atoms with Crippen LogP contribution in [0, 0.1) is 0 Å². The second kappa shape index (κ2) is 6.96. The molecule has 0 unspecified atom stereocenters. The van der Waals surface area contributed by atoms with Crippen LogP contribution < -0.4 is 0 Å². The highest BCUT2D eigenvalue weighted by atomic mass is 19.4. The number of alkyl halides is 4. The Kier molecular flexibility index (Phi) is 4.74. The molecular formula is C17H20F4N6O. The summed E-state index contributed by atoms with van der Waals surface area (Å²) in [6.45, 7) is 1.99. The first-order chi connectivity index (χ1) is 13.2. The summed E-state index contributed by atoms with van der Waals surface area (Å²) in [5.74, 6) is 0.301. The number of nitrogens with one attached hydrogen (secondary N) is 1. The van der Waals surface area contributed by atoms with E-state index in [0.717, 1.165) is 0 Å². The Morgan fingerprint density at radius 1 is 1.32 bits per heavy atom. The van der Waals surface area contributed by atoms with E-state index in [4.69, 9.17) is 0 Å². The van der Waals surface area contributed by atoms with Gasteiger partial charge in [0, 0.05) is 19.5 Å². The zero-order valence-corrected chi connectivity index (χ0v) is 15.1. The van der Waals surface area contributed by atoms with Gasteiger partial charge in [-0.05, 0) is 19.9 Å². The molecular weight excluding hydrogens is 380 g/mol. The number of halogens is 4. The smallest absolute Gasteiger partial charge is 0.385 e. The molecule has 3 aromatic heterocycles. The van der Waals surface area contributed by atoms with E-state index in [1.54, 1.807) is 22.6 Å². The van der Waals surface area contributed by atoms with Crippen LogP contribution >= 0.6 is 0 Å². The number of rotatable bonds is 5. The predicted octanol–water partition coefficient (Wildman–Crippen LogP) is 2.90. The van der Waals surface area contributed by atoms with Crippen molar-refractivity contribution in [2.75, 3.05) is 19.6 Å². The number of aromatic amines is 1. The molecule has 0 bridgehead atoms. The first-order valence-corrected chi connectivity index (χ1v) is 9.06. The number of likely N-dealkylation sites (tertiary alicyclic amines) is 1. The fourth-order valence-corrected chi connectivity index (χ4v) is 3.88. The molecule has 4 rings (SSSR count). The number of pyridine rings is 1. The molecule has 1 saturated heterocycles. The van der Waals surface area contributed by atoms with Crippen molar-refractivity contribution >= 4 is 22.1 Å². The van der Waals surface area contributed by atoms with Crippen LogP contribution in [0.15, 0.2) is 12.4 Å². The van der Waals surface area contributed by atoms with Gasteiger partial charge in [0.15, 0.2) is 5.65 Å². The molecule has 28 heavy (non-hydrogen) atoms. The normalized spacial score (nSPS) is 22.5. The number of nitrogens with zero attached hydrogens (tertiary/aromatic N) is 5. The predicted molar refractivity (Wildman–Crippen MR) is 93.5 cm³/mol. The minimum Gasteiger partial charge on any atom is -0.385 e. The lowest BCUT2D eigenvalue weighted by molar-refractivity contribution is -0.136. The van der Waals surface area contributed by atoms with Crippen molar-refractivity contribution in [1.29, 1.82) is 0 Å². The lowest BCUT2D eigenvalue weighted by atomic mass is 10.2. The molecule has 152 valence electrons. The van der Waals surface area contributed by atoms with Gasteiger partial charge in [0.1, 0.15) is 23.6 Å². The number of aliphatic hydroxyl groups excluding tert-OH is 1. The quantitative estimate of drug-likeness (QED) is 0.644. The Morgan fingerprint density at radius 2 is 2.11 bits per heavy atom. The average Bonchev–Trinajstić information content (AvgIpc) is 3.28. The van der Waals surface area contributed by atoms with Crippen molar-refractivity contribution in [1.82, 2.24) is 29.6 Å². The van der Waals surface area contributed by atoms with Crippen LogP contribution in [-0.4, -0.2) is 66.7 Å². The van der Waals surface area contributed by atoms with E-state index in [9.17, 15) is 22.7 Å². The van der Waals surface area contributed by atoms with E-state index in [1.165, 1.54) is 6.20 Å². The van der Waals surface area contributed by atoms with Crippen molar-refractivity contribution in [2.45, 2.75) is 44.3 Å². The fourth-order valence-electron chi connectivity index (χ4n) is 3.88. The average molecular weight is 400 g/mol. The molecule has 3 atom stereocenters. The van der Waals surface area contributed by atoms with Gasteiger partial charge in [0.05, 0.1) is 29.3 Å². The number of H-pyrrole nitrogens is 1. The minimum absolute atomic E-state index is 0.0427. The summed E-state index contributed by atoms with van der Waals surface area (Å²) in [5.41, 5.74) is 1.63. The molecule has 3 aromatic rings. The summed E-state index contributed by atoms with van der Waals surface area (Å²) in [6, 6.07) is -0.666. The first-order valence-electron chi connectivity index (χ1n) is 9.06. The van der Waals surface area contributed by atoms with Gasteiger partial charge in [0.2, 0.25) is 0 Å². The van der Waals surface area contributed by atoms with E-state index in [-0.39, 0.29) is 26.1 Å². The second-order valence-corrected chi connectivity index (χ2v) is 7.20. The standard InChI is InChI=1S/C17H20F4N6O/c1-9(28)16-24-12-6-22-15-10(5-23-25-15)14(12)27(16)13-8-26(7-11(13)18)4-2-3-17(19,20)21/h5-6,9,11,13,28H,2-4,7-8H2,1H3,(H,22,23,25)/t9-,11-,13-/m1/s1. The van der Waals surface area contributed by atoms with Crippen LogP contribution in [0.4, 0.5) is 17.6 Å². The maximum atomic E-state index is 14.9. The van der Waals surface area contributed by atoms with Gasteiger partial charge in [-0.2, -0.15) is 18.3 Å². The van der Waals surface area contributed by atoms with Crippen LogP contribution in [0.3, 0.4) is 0 Å². The van der Waals surface area contributed by atoms with E-state index in [2.05, 4.69) is 20.2 Å². The van der Waals surface area contributed by atoms with Crippen LogP contribution in [0.5, 0.6) is 0 Å². The first kappa shape index (κ1) is 19.1. The van der Waals surface area contributed by atoms with E-state index >= 15 is 0 Å². The maximum absolute atomic E-state index is 14.9. The summed E-state index contributed by atoms with van der Waals surface area (Å²) in [5, 5.41) is 17.6. The molecule has 1 aliphatic heterocycles. The minimum atomic E-state index is -4.21. The van der Waals surface area contributed by atoms with Gasteiger partial charge >= 0.3 is 6.18 Å². The number of hydrogen-bond donors (Lipinski definition) is 2. The number of aromatic nitrogens is 5. The van der Waals surface area contributed by atoms with Gasteiger partial charge in [-0.3, -0.25) is 10.00 Å². The Hall–Kier alpha value is -2.27. The van der Waals surface area contributed by atoms with E-state index < -0.39 is 30.9 Å². The Morgan fingerprint density at radius 3 is 2.82 bits per heavy atom. The van der Waals surface area contributed by atoms with Crippen LogP contribution in [0.2, 0.25) is 0 Å². The van der Waals surface area contributed by atoms with E-state index in [0.29, 0.717) is 27.9 Å². The zero-order chi connectivity index (χ0) is 20.1. The third-order valence-corrected chi connectivity index (χ3v) is 5.09. The van der Waals surface area contributed by atoms with Crippen molar-refractivity contribution in [2.24, 2.45) is 0 Å². The molecule has 0 saturated carbocycles. The number of aliphatic hydroxyl groups is 1. The third kappa shape index (κ3) is 3.44. The summed E-state index contributed by atoms with van der Waals surface area (Å²) in [6.07, 6.45) is -4.32. The third-order valence-electron chi connectivity index (χ3n) is 5.09. The van der Waals surface area contributed by atoms with Gasteiger partial charge in [-0.25, -0.2) is 14.4 Å². The van der Waals surface area contributed by atoms with Gasteiger partial charge in [0.25, 0.3) is 0 Å². The highest BCUT2D eigenvalue weighted by molar-refractivity contribution is 6.00. The van der Waals surface area contributed by atoms with Crippen molar-refractivity contribution in [3.05, 3.63) is 18.2 Å². The van der Waals surface area contributed by atoms with Crippen LogP contribution in [-0.2, 0) is 0 Å². The Bertz CT molecular complexity index is 981. The van der Waals surface area contributed by atoms with Crippen molar-refractivity contribution in [3.8, 4) is 0 Å². The summed E-state index contributed by atoms with van der Waals surface area (Å²) in [7, 11) is 0. The van der Waals surface area contributed by atoms with Crippen molar-refractivity contribution < 1.29 is 22.7 Å². The Labute approximate surface area is 157 Å². The van der Waals surface area contributed by atoms with Gasteiger partial charge < -0.3 is 9.67 Å². The molecule has 4 heterocycles. The van der Waals surface area contributed by atoms with Gasteiger partial charge in [-0.15, -0.1) is 0 Å². The summed E-state index contributed by atoms with van der Waals surface area (Å²) >= 11 is 0. The van der Waals surface area contributed by atoms with Crippen LogP contribution in [0.1, 0.15) is 37.7 Å². The zero-order valence-electron chi connectivity index (χ0n) is 15.1. The van der Waals surface area contributed by atoms with Crippen molar-refractivity contribution in [3.63, 3.8) is 0 Å². The lowest BCUT2D eigenvalue weighted by Gasteiger charge is -2.20. The fraction of sp³-hybridized carbons (Fsp3) is 0.588.